The van der Waals surface area contributed by atoms with Gasteiger partial charge in [-0.15, -0.1) is 0 Å². The first-order valence-corrected chi connectivity index (χ1v) is 10.6. The van der Waals surface area contributed by atoms with Gasteiger partial charge in [0.25, 0.3) is 0 Å². The Morgan fingerprint density at radius 1 is 1.33 bits per heavy atom. The Hall–Kier alpha value is -4.26. The second-order valence-corrected chi connectivity index (χ2v) is 7.78. The van der Waals surface area contributed by atoms with E-state index in [1.807, 2.05) is 11.5 Å². The number of rotatable bonds is 3. The molecule has 0 unspecified atom stereocenters. The maximum absolute atomic E-state index is 14.7. The highest BCUT2D eigenvalue weighted by molar-refractivity contribution is 5.91. The first-order valence-electron chi connectivity index (χ1n) is 10.6. The molecule has 0 aliphatic carbocycles. The molecule has 1 amide bonds. The molecule has 5 rings (SSSR count). The van der Waals surface area contributed by atoms with Gasteiger partial charge in [0.15, 0.2) is 5.65 Å². The van der Waals surface area contributed by atoms with Crippen molar-refractivity contribution < 1.29 is 9.18 Å². The number of aryl methyl sites for hydroxylation is 1. The van der Waals surface area contributed by atoms with E-state index in [1.165, 1.54) is 18.5 Å². The average Bonchev–Trinajstić information content (AvgIpc) is 3.54. The molecule has 4 aromatic rings. The summed E-state index contributed by atoms with van der Waals surface area (Å²) in [5, 5.41) is 5.14. The van der Waals surface area contributed by atoms with Crippen LogP contribution in [0.15, 0.2) is 37.4 Å². The van der Waals surface area contributed by atoms with Gasteiger partial charge < -0.3 is 15.2 Å². The number of fused-ring (bicyclic) bond motifs is 2. The van der Waals surface area contributed by atoms with Crippen molar-refractivity contribution in [3.8, 4) is 11.8 Å². The second-order valence-electron chi connectivity index (χ2n) is 7.78. The van der Waals surface area contributed by atoms with Gasteiger partial charge in [0, 0.05) is 25.7 Å². The molecule has 2 N–H and O–H groups in total. The zero-order valence-electron chi connectivity index (χ0n) is 18.0. The standard InChI is InChI=1S/C23H21FN8O/c1-3-20(33)31-8-7-15(11-31)32-23-21(22(25)26-12-27-23)17(29-32)6-5-14-9-18-19(10-16(14)24)30(4-2)13-28-18/h3,9-10,12-13,15H,1,4,7-8,11H2,2H3,(H2,25,26,27)/t15-/m0/s1. The molecule has 1 aliphatic heterocycles. The molecule has 1 aromatic carbocycles. The van der Waals surface area contributed by atoms with Gasteiger partial charge in [-0.3, -0.25) is 4.79 Å². The van der Waals surface area contributed by atoms with Crippen LogP contribution >= 0.6 is 0 Å². The van der Waals surface area contributed by atoms with Crippen LogP contribution in [0.4, 0.5) is 10.2 Å². The van der Waals surface area contributed by atoms with Crippen LogP contribution in [0.5, 0.6) is 0 Å². The maximum atomic E-state index is 14.7. The smallest absolute Gasteiger partial charge is 0.246 e. The SMILES string of the molecule is C=CC(=O)N1CC[C@H](n2nc(C#Cc3cc4ncn(CC)c4cc3F)c3c(N)ncnc32)C1. The van der Waals surface area contributed by atoms with Crippen molar-refractivity contribution in [2.24, 2.45) is 0 Å². The largest absolute Gasteiger partial charge is 0.383 e. The quantitative estimate of drug-likeness (QED) is 0.384. The number of aromatic nitrogens is 6. The molecule has 1 saturated heterocycles. The van der Waals surface area contributed by atoms with E-state index in [4.69, 9.17) is 5.73 Å². The van der Waals surface area contributed by atoms with Crippen molar-refractivity contribution >= 4 is 33.8 Å². The lowest BCUT2D eigenvalue weighted by molar-refractivity contribution is -0.125. The molecule has 3 aromatic heterocycles. The van der Waals surface area contributed by atoms with Gasteiger partial charge in [0.1, 0.15) is 23.7 Å². The summed E-state index contributed by atoms with van der Waals surface area (Å²) in [4.78, 5) is 26.4. The number of carbonyl (C=O) groups is 1. The second kappa shape index (κ2) is 8.02. The van der Waals surface area contributed by atoms with Gasteiger partial charge in [-0.2, -0.15) is 5.10 Å². The van der Waals surface area contributed by atoms with Crippen molar-refractivity contribution in [3.63, 3.8) is 0 Å². The summed E-state index contributed by atoms with van der Waals surface area (Å²) < 4.78 is 18.3. The molecule has 0 spiro atoms. The third-order valence-corrected chi connectivity index (χ3v) is 5.88. The van der Waals surface area contributed by atoms with Crippen molar-refractivity contribution in [2.75, 3.05) is 18.8 Å². The number of imidazole rings is 1. The van der Waals surface area contributed by atoms with Crippen molar-refractivity contribution in [1.29, 1.82) is 0 Å². The normalized spacial score (nSPS) is 15.7. The van der Waals surface area contributed by atoms with Gasteiger partial charge in [0.2, 0.25) is 5.91 Å². The van der Waals surface area contributed by atoms with Crippen LogP contribution in [0.3, 0.4) is 0 Å². The summed E-state index contributed by atoms with van der Waals surface area (Å²) in [6, 6.07) is 2.97. The summed E-state index contributed by atoms with van der Waals surface area (Å²) in [5.74, 6) is 5.49. The summed E-state index contributed by atoms with van der Waals surface area (Å²) in [6.07, 6.45) is 5.05. The number of likely N-dealkylation sites (tertiary alicyclic amines) is 1. The van der Waals surface area contributed by atoms with E-state index in [2.05, 4.69) is 38.5 Å². The molecule has 0 saturated carbocycles. The Morgan fingerprint density at radius 3 is 2.97 bits per heavy atom. The first-order chi connectivity index (χ1) is 16.0. The molecular weight excluding hydrogens is 423 g/mol. The highest BCUT2D eigenvalue weighted by atomic mass is 19.1. The van der Waals surface area contributed by atoms with E-state index in [0.29, 0.717) is 53.8 Å². The summed E-state index contributed by atoms with van der Waals surface area (Å²) in [6.45, 7) is 7.28. The number of nitrogens with zero attached hydrogens (tertiary/aromatic N) is 7. The molecule has 33 heavy (non-hydrogen) atoms. The molecule has 1 atom stereocenters. The Bertz CT molecular complexity index is 1470. The van der Waals surface area contributed by atoms with Crippen molar-refractivity contribution in [2.45, 2.75) is 25.9 Å². The van der Waals surface area contributed by atoms with Crippen LogP contribution in [-0.4, -0.2) is 53.2 Å². The van der Waals surface area contributed by atoms with Crippen LogP contribution in [0, 0.1) is 17.7 Å². The Labute approximate surface area is 188 Å². The van der Waals surface area contributed by atoms with Gasteiger partial charge in [-0.05, 0) is 31.4 Å². The number of benzene rings is 1. The first kappa shape index (κ1) is 20.6. The monoisotopic (exact) mass is 444 g/mol. The lowest BCUT2D eigenvalue weighted by Crippen LogP contribution is -2.27. The Balaban J connectivity index is 1.56. The number of hydrogen-bond acceptors (Lipinski definition) is 6. The number of carbonyl (C=O) groups excluding carboxylic acids is 1. The van der Waals surface area contributed by atoms with E-state index >= 15 is 0 Å². The number of halogens is 1. The van der Waals surface area contributed by atoms with E-state index in [9.17, 15) is 9.18 Å². The van der Waals surface area contributed by atoms with Crippen LogP contribution < -0.4 is 5.73 Å². The number of anilines is 1. The highest BCUT2D eigenvalue weighted by Crippen LogP contribution is 2.28. The van der Waals surface area contributed by atoms with Crippen molar-refractivity contribution in [1.82, 2.24) is 34.2 Å². The Kier molecular flexibility index (Phi) is 5.01. The van der Waals surface area contributed by atoms with Crippen molar-refractivity contribution in [3.05, 3.63) is 54.5 Å². The lowest BCUT2D eigenvalue weighted by atomic mass is 10.1. The van der Waals surface area contributed by atoms with Gasteiger partial charge in [0.05, 0.1) is 34.4 Å². The number of amides is 1. The topological polar surface area (TPSA) is 108 Å². The third-order valence-electron chi connectivity index (χ3n) is 5.88. The number of hydrogen-bond donors (Lipinski definition) is 1. The maximum Gasteiger partial charge on any atom is 0.246 e. The number of nitrogen functional groups attached to an aromatic ring is 1. The highest BCUT2D eigenvalue weighted by Gasteiger charge is 2.29. The molecule has 4 heterocycles. The molecule has 166 valence electrons. The predicted molar refractivity (Wildman–Crippen MR) is 122 cm³/mol. The summed E-state index contributed by atoms with van der Waals surface area (Å²) in [7, 11) is 0. The van der Waals surface area contributed by atoms with E-state index in [0.717, 1.165) is 0 Å². The van der Waals surface area contributed by atoms with Crippen LogP contribution in [-0.2, 0) is 11.3 Å². The molecule has 10 heteroatoms. The third kappa shape index (κ3) is 3.47. The predicted octanol–water partition coefficient (Wildman–Crippen LogP) is 2.28. The zero-order valence-corrected chi connectivity index (χ0v) is 18.0. The van der Waals surface area contributed by atoms with Gasteiger partial charge >= 0.3 is 0 Å². The molecule has 1 aliphatic rings. The molecular formula is C23H21FN8O. The minimum absolute atomic E-state index is 0.0904. The minimum Gasteiger partial charge on any atom is -0.383 e. The molecule has 0 radical (unpaired) electrons. The van der Waals surface area contributed by atoms with Gasteiger partial charge in [-0.25, -0.2) is 24.0 Å². The van der Waals surface area contributed by atoms with E-state index in [-0.39, 0.29) is 23.3 Å². The molecule has 0 bridgehead atoms. The Morgan fingerprint density at radius 2 is 2.18 bits per heavy atom. The molecule has 1 fully saturated rings. The number of nitrogens with two attached hydrogens (primary N) is 1. The fraction of sp³-hybridized carbons (Fsp3) is 0.261. The van der Waals surface area contributed by atoms with Crippen LogP contribution in [0.1, 0.15) is 30.6 Å². The lowest BCUT2D eigenvalue weighted by Gasteiger charge is -2.14. The van der Waals surface area contributed by atoms with Gasteiger partial charge in [-0.1, -0.05) is 12.5 Å². The van der Waals surface area contributed by atoms with E-state index < -0.39 is 5.82 Å². The van der Waals surface area contributed by atoms with E-state index in [1.54, 1.807) is 22.0 Å². The minimum atomic E-state index is -0.437. The fourth-order valence-electron chi connectivity index (χ4n) is 4.16. The van der Waals surface area contributed by atoms with Crippen LogP contribution in [0.25, 0.3) is 22.1 Å². The average molecular weight is 444 g/mol. The zero-order chi connectivity index (χ0) is 23.1. The van der Waals surface area contributed by atoms with Crippen LogP contribution in [0.2, 0.25) is 0 Å². The molecule has 9 nitrogen and oxygen atoms in total. The summed E-state index contributed by atoms with van der Waals surface area (Å²) in [5.41, 5.74) is 8.60. The summed E-state index contributed by atoms with van der Waals surface area (Å²) >= 11 is 0. The fourth-order valence-corrected chi connectivity index (χ4v) is 4.16.